The summed E-state index contributed by atoms with van der Waals surface area (Å²) in [6.45, 7) is 9.49. The first-order valence-corrected chi connectivity index (χ1v) is 3.47. The average Bonchev–Trinajstić information content (AvgIpc) is 1.85. The van der Waals surface area contributed by atoms with Crippen molar-refractivity contribution in [2.45, 2.75) is 19.8 Å². The van der Waals surface area contributed by atoms with Gasteiger partial charge in [0.15, 0.2) is 0 Å². The Morgan fingerprint density at radius 1 is 1.40 bits per heavy atom. The van der Waals surface area contributed by atoms with Crippen LogP contribution in [0.5, 0.6) is 0 Å². The summed E-state index contributed by atoms with van der Waals surface area (Å²) in [5.41, 5.74) is 7.00. The lowest BCUT2D eigenvalue weighted by Crippen LogP contribution is -1.88. The second kappa shape index (κ2) is 4.86. The molecule has 0 bridgehead atoms. The van der Waals surface area contributed by atoms with Crippen molar-refractivity contribution in [3.05, 3.63) is 36.6 Å². The monoisotopic (exact) mass is 137 g/mol. The molecule has 0 heterocycles. The molecule has 0 saturated heterocycles. The molecule has 1 nitrogen and oxygen atoms in total. The van der Waals surface area contributed by atoms with Crippen molar-refractivity contribution < 1.29 is 0 Å². The van der Waals surface area contributed by atoms with E-state index in [0.29, 0.717) is 5.70 Å². The van der Waals surface area contributed by atoms with E-state index in [1.54, 1.807) is 6.08 Å². The zero-order valence-corrected chi connectivity index (χ0v) is 6.56. The number of allylic oxidation sites excluding steroid dienone is 3. The van der Waals surface area contributed by atoms with Crippen molar-refractivity contribution >= 4 is 0 Å². The summed E-state index contributed by atoms with van der Waals surface area (Å²) in [6.07, 6.45) is 5.84. The summed E-state index contributed by atoms with van der Waals surface area (Å²) >= 11 is 0. The average molecular weight is 137 g/mol. The third-order valence-electron chi connectivity index (χ3n) is 1.10. The molecular formula is C9H15N. The molecule has 0 aliphatic rings. The van der Waals surface area contributed by atoms with Crippen molar-refractivity contribution in [1.29, 1.82) is 0 Å². The van der Waals surface area contributed by atoms with E-state index in [4.69, 9.17) is 5.73 Å². The maximum atomic E-state index is 5.31. The van der Waals surface area contributed by atoms with Gasteiger partial charge in [-0.25, -0.2) is 0 Å². The van der Waals surface area contributed by atoms with E-state index < -0.39 is 0 Å². The van der Waals surface area contributed by atoms with Crippen LogP contribution in [0.2, 0.25) is 0 Å². The minimum Gasteiger partial charge on any atom is -0.399 e. The van der Waals surface area contributed by atoms with E-state index in [1.165, 1.54) is 0 Å². The molecule has 0 aromatic carbocycles. The zero-order valence-electron chi connectivity index (χ0n) is 6.56. The molecule has 0 radical (unpaired) electrons. The Bertz CT molecular complexity index is 154. The van der Waals surface area contributed by atoms with Gasteiger partial charge in [0.25, 0.3) is 0 Å². The van der Waals surface area contributed by atoms with Gasteiger partial charge in [-0.1, -0.05) is 38.2 Å². The van der Waals surface area contributed by atoms with Crippen LogP contribution in [-0.4, -0.2) is 0 Å². The van der Waals surface area contributed by atoms with Gasteiger partial charge in [-0.05, 0) is 12.5 Å². The highest BCUT2D eigenvalue weighted by Crippen LogP contribution is 2.03. The summed E-state index contributed by atoms with van der Waals surface area (Å²) in [7, 11) is 0. The maximum absolute atomic E-state index is 5.31. The Labute approximate surface area is 62.9 Å². The second-order valence-corrected chi connectivity index (χ2v) is 2.32. The van der Waals surface area contributed by atoms with E-state index in [2.05, 4.69) is 20.1 Å². The lowest BCUT2D eigenvalue weighted by Gasteiger charge is -1.93. The lowest BCUT2D eigenvalue weighted by molar-refractivity contribution is 0.929. The Morgan fingerprint density at radius 2 is 2.00 bits per heavy atom. The van der Waals surface area contributed by atoms with Crippen LogP contribution in [0.1, 0.15) is 19.8 Å². The van der Waals surface area contributed by atoms with Crippen LogP contribution in [0, 0.1) is 0 Å². The Morgan fingerprint density at radius 3 is 2.40 bits per heavy atom. The molecule has 0 spiro atoms. The van der Waals surface area contributed by atoms with Gasteiger partial charge in [-0.2, -0.15) is 0 Å². The van der Waals surface area contributed by atoms with Gasteiger partial charge in [-0.15, -0.1) is 0 Å². The summed E-state index contributed by atoms with van der Waals surface area (Å²) in [5.74, 6) is 0. The van der Waals surface area contributed by atoms with Crippen LogP contribution in [-0.2, 0) is 0 Å². The first-order valence-electron chi connectivity index (χ1n) is 3.47. The van der Waals surface area contributed by atoms with Crippen LogP contribution >= 0.6 is 0 Å². The predicted octanol–water partition coefficient (Wildman–Crippen LogP) is 2.37. The van der Waals surface area contributed by atoms with Crippen molar-refractivity contribution in [1.82, 2.24) is 0 Å². The SMILES string of the molecule is C=C(N)/C=C\C(=C)CCC. The molecule has 0 aliphatic heterocycles. The van der Waals surface area contributed by atoms with Gasteiger partial charge in [0.1, 0.15) is 0 Å². The first kappa shape index (κ1) is 9.02. The molecule has 0 amide bonds. The van der Waals surface area contributed by atoms with E-state index in [9.17, 15) is 0 Å². The highest BCUT2D eigenvalue weighted by Gasteiger charge is 1.84. The second-order valence-electron chi connectivity index (χ2n) is 2.32. The van der Waals surface area contributed by atoms with Crippen molar-refractivity contribution in [2.24, 2.45) is 5.73 Å². The van der Waals surface area contributed by atoms with Crippen LogP contribution in [0.25, 0.3) is 0 Å². The fourth-order valence-electron chi connectivity index (χ4n) is 0.629. The Kier molecular flexibility index (Phi) is 4.38. The van der Waals surface area contributed by atoms with Crippen molar-refractivity contribution in [3.63, 3.8) is 0 Å². The van der Waals surface area contributed by atoms with E-state index >= 15 is 0 Å². The van der Waals surface area contributed by atoms with Gasteiger partial charge < -0.3 is 5.73 Å². The first-order chi connectivity index (χ1) is 4.66. The number of hydrogen-bond acceptors (Lipinski definition) is 1. The molecule has 2 N–H and O–H groups in total. The molecule has 0 saturated carbocycles. The largest absolute Gasteiger partial charge is 0.399 e. The van der Waals surface area contributed by atoms with Crippen molar-refractivity contribution in [2.75, 3.05) is 0 Å². The van der Waals surface area contributed by atoms with Gasteiger partial charge in [-0.3, -0.25) is 0 Å². The molecule has 0 aromatic rings. The van der Waals surface area contributed by atoms with Gasteiger partial charge in [0, 0.05) is 5.70 Å². The van der Waals surface area contributed by atoms with E-state index in [-0.39, 0.29) is 0 Å². The summed E-state index contributed by atoms with van der Waals surface area (Å²) < 4.78 is 0. The fourth-order valence-corrected chi connectivity index (χ4v) is 0.629. The Hall–Kier alpha value is -0.980. The molecule has 0 unspecified atom stereocenters. The number of hydrogen-bond donors (Lipinski definition) is 1. The molecule has 1 heteroatoms. The number of nitrogens with two attached hydrogens (primary N) is 1. The van der Waals surface area contributed by atoms with Crippen LogP contribution in [0.4, 0.5) is 0 Å². The minimum atomic E-state index is 0.581. The smallest absolute Gasteiger partial charge is 0.0241 e. The van der Waals surface area contributed by atoms with Gasteiger partial charge in [0.2, 0.25) is 0 Å². The summed E-state index contributed by atoms with van der Waals surface area (Å²) in [5, 5.41) is 0. The summed E-state index contributed by atoms with van der Waals surface area (Å²) in [6, 6.07) is 0. The summed E-state index contributed by atoms with van der Waals surface area (Å²) in [4.78, 5) is 0. The molecular weight excluding hydrogens is 122 g/mol. The molecule has 0 rings (SSSR count). The quantitative estimate of drug-likeness (QED) is 0.591. The van der Waals surface area contributed by atoms with E-state index in [1.807, 2.05) is 6.08 Å². The van der Waals surface area contributed by atoms with Crippen LogP contribution in [0.3, 0.4) is 0 Å². The molecule has 0 fully saturated rings. The predicted molar refractivity (Wildman–Crippen MR) is 46.5 cm³/mol. The van der Waals surface area contributed by atoms with Gasteiger partial charge in [0.05, 0.1) is 0 Å². The van der Waals surface area contributed by atoms with Crippen molar-refractivity contribution in [3.8, 4) is 0 Å². The number of rotatable bonds is 4. The third-order valence-corrected chi connectivity index (χ3v) is 1.10. The fraction of sp³-hybridized carbons (Fsp3) is 0.333. The zero-order chi connectivity index (χ0) is 7.98. The highest BCUT2D eigenvalue weighted by molar-refractivity contribution is 5.21. The van der Waals surface area contributed by atoms with Crippen LogP contribution in [0.15, 0.2) is 36.6 Å². The minimum absolute atomic E-state index is 0.581. The maximum Gasteiger partial charge on any atom is 0.0241 e. The topological polar surface area (TPSA) is 26.0 Å². The lowest BCUT2D eigenvalue weighted by atomic mass is 10.1. The molecule has 56 valence electrons. The molecule has 0 aromatic heterocycles. The third kappa shape index (κ3) is 5.16. The highest BCUT2D eigenvalue weighted by atomic mass is 14.5. The van der Waals surface area contributed by atoms with E-state index in [0.717, 1.165) is 18.4 Å². The molecule has 10 heavy (non-hydrogen) atoms. The Balaban J connectivity index is 3.67. The normalized spacial score (nSPS) is 10.1. The standard InChI is InChI=1S/C9H15N/c1-4-5-8(2)6-7-9(3)10/h6-7H,2-5,10H2,1H3/b7-6-. The van der Waals surface area contributed by atoms with Gasteiger partial charge >= 0.3 is 0 Å². The molecule has 0 atom stereocenters. The molecule has 0 aliphatic carbocycles. The van der Waals surface area contributed by atoms with Crippen LogP contribution < -0.4 is 5.73 Å².